The van der Waals surface area contributed by atoms with Crippen molar-refractivity contribution < 1.29 is 9.53 Å². The molecule has 0 aromatic heterocycles. The van der Waals surface area contributed by atoms with Crippen molar-refractivity contribution in [3.8, 4) is 0 Å². The molecule has 0 aromatic carbocycles. The van der Waals surface area contributed by atoms with E-state index in [0.29, 0.717) is 0 Å². The monoisotopic (exact) mass is 154 g/mol. The van der Waals surface area contributed by atoms with Crippen LogP contribution >= 0.6 is 0 Å². The molecule has 0 aromatic rings. The number of hydrogen-bond donors (Lipinski definition) is 0. The largest absolute Gasteiger partial charge is 0.455 e. The number of hydrogen-bond acceptors (Lipinski definition) is 2. The van der Waals surface area contributed by atoms with Gasteiger partial charge in [0.1, 0.15) is 5.60 Å². The molecule has 0 aliphatic carbocycles. The lowest BCUT2D eigenvalue weighted by molar-refractivity contribution is -0.151. The molecule has 0 rings (SSSR count). The Bertz CT molecular complexity index is 190. The van der Waals surface area contributed by atoms with E-state index in [-0.39, 0.29) is 5.97 Å². The number of esters is 1. The van der Waals surface area contributed by atoms with Crippen LogP contribution in [0.5, 0.6) is 0 Å². The van der Waals surface area contributed by atoms with Crippen LogP contribution in [0.25, 0.3) is 0 Å². The Labute approximate surface area is 67.6 Å². The van der Waals surface area contributed by atoms with E-state index in [9.17, 15) is 4.79 Å². The molecular formula is C9H14O2. The van der Waals surface area contributed by atoms with E-state index in [4.69, 9.17) is 4.74 Å². The number of ether oxygens (including phenoxy) is 1. The standard InChI is InChI=1S/C9H14O2/c1-5-7-9(4,6-2)11-8(3)10/h7H,1,6H2,2-4H3. The molecule has 0 bridgehead atoms. The highest BCUT2D eigenvalue weighted by Crippen LogP contribution is 2.16. The fourth-order valence-electron chi connectivity index (χ4n) is 0.748. The Morgan fingerprint density at radius 2 is 2.36 bits per heavy atom. The zero-order valence-corrected chi connectivity index (χ0v) is 7.31. The van der Waals surface area contributed by atoms with Gasteiger partial charge in [-0.2, -0.15) is 0 Å². The van der Waals surface area contributed by atoms with Gasteiger partial charge in [0, 0.05) is 13.0 Å². The van der Waals surface area contributed by atoms with Gasteiger partial charge < -0.3 is 4.74 Å². The first-order valence-corrected chi connectivity index (χ1v) is 3.60. The van der Waals surface area contributed by atoms with Gasteiger partial charge in [-0.25, -0.2) is 0 Å². The van der Waals surface area contributed by atoms with Crippen LogP contribution in [0.1, 0.15) is 27.2 Å². The molecule has 0 spiro atoms. The van der Waals surface area contributed by atoms with E-state index in [1.807, 2.05) is 13.8 Å². The fourth-order valence-corrected chi connectivity index (χ4v) is 0.748. The maximum Gasteiger partial charge on any atom is 0.303 e. The van der Waals surface area contributed by atoms with Crippen LogP contribution in [0, 0.1) is 0 Å². The molecule has 0 radical (unpaired) electrons. The van der Waals surface area contributed by atoms with E-state index < -0.39 is 5.60 Å². The zero-order chi connectivity index (χ0) is 8.91. The minimum Gasteiger partial charge on any atom is -0.455 e. The van der Waals surface area contributed by atoms with Crippen molar-refractivity contribution in [1.29, 1.82) is 0 Å². The smallest absolute Gasteiger partial charge is 0.303 e. The van der Waals surface area contributed by atoms with E-state index in [2.05, 4.69) is 12.3 Å². The second kappa shape index (κ2) is 3.99. The van der Waals surface area contributed by atoms with Crippen molar-refractivity contribution >= 4 is 5.97 Å². The third kappa shape index (κ3) is 3.64. The van der Waals surface area contributed by atoms with Gasteiger partial charge in [0.2, 0.25) is 0 Å². The Balaban J connectivity index is 4.33. The van der Waals surface area contributed by atoms with Gasteiger partial charge in [-0.15, -0.1) is 5.73 Å². The molecule has 1 unspecified atom stereocenters. The maximum absolute atomic E-state index is 10.6. The molecule has 2 nitrogen and oxygen atoms in total. The number of carbonyl (C=O) groups is 1. The first-order chi connectivity index (χ1) is 5.04. The van der Waals surface area contributed by atoms with Crippen molar-refractivity contribution in [3.63, 3.8) is 0 Å². The highest BCUT2D eigenvalue weighted by atomic mass is 16.6. The molecule has 2 heteroatoms. The lowest BCUT2D eigenvalue weighted by Gasteiger charge is -2.22. The summed E-state index contributed by atoms with van der Waals surface area (Å²) in [6.45, 7) is 8.59. The van der Waals surface area contributed by atoms with Gasteiger partial charge in [0.25, 0.3) is 0 Å². The second-order valence-electron chi connectivity index (χ2n) is 2.61. The van der Waals surface area contributed by atoms with E-state index in [1.54, 1.807) is 6.08 Å². The molecule has 0 saturated heterocycles. The van der Waals surface area contributed by atoms with E-state index >= 15 is 0 Å². The summed E-state index contributed by atoms with van der Waals surface area (Å²) in [6, 6.07) is 0. The summed E-state index contributed by atoms with van der Waals surface area (Å²) in [5.74, 6) is -0.277. The normalized spacial score (nSPS) is 14.5. The van der Waals surface area contributed by atoms with Crippen LogP contribution < -0.4 is 0 Å². The summed E-state index contributed by atoms with van der Waals surface area (Å²) < 4.78 is 5.03. The third-order valence-corrected chi connectivity index (χ3v) is 1.49. The van der Waals surface area contributed by atoms with Crippen LogP contribution in [0.4, 0.5) is 0 Å². The lowest BCUT2D eigenvalue weighted by Crippen LogP contribution is -2.26. The Kier molecular flexibility index (Phi) is 3.63. The van der Waals surface area contributed by atoms with E-state index in [0.717, 1.165) is 6.42 Å². The van der Waals surface area contributed by atoms with Crippen molar-refractivity contribution in [2.45, 2.75) is 32.8 Å². The van der Waals surface area contributed by atoms with Crippen molar-refractivity contribution in [3.05, 3.63) is 18.4 Å². The van der Waals surface area contributed by atoms with Gasteiger partial charge >= 0.3 is 5.97 Å². The van der Waals surface area contributed by atoms with Crippen molar-refractivity contribution in [2.24, 2.45) is 0 Å². The summed E-state index contributed by atoms with van der Waals surface area (Å²) in [5, 5.41) is 0. The van der Waals surface area contributed by atoms with Gasteiger partial charge in [-0.3, -0.25) is 4.79 Å². The highest BCUT2D eigenvalue weighted by Gasteiger charge is 2.21. The lowest BCUT2D eigenvalue weighted by atomic mass is 10.0. The molecule has 0 aliphatic rings. The topological polar surface area (TPSA) is 26.3 Å². The van der Waals surface area contributed by atoms with Crippen molar-refractivity contribution in [2.75, 3.05) is 0 Å². The molecule has 0 heterocycles. The zero-order valence-electron chi connectivity index (χ0n) is 7.31. The second-order valence-corrected chi connectivity index (χ2v) is 2.61. The molecule has 1 atom stereocenters. The maximum atomic E-state index is 10.6. The summed E-state index contributed by atoms with van der Waals surface area (Å²) in [5.41, 5.74) is 2.08. The Hall–Kier alpha value is -1.01. The molecule has 0 saturated carbocycles. The molecule has 0 amide bonds. The predicted molar refractivity (Wildman–Crippen MR) is 44.2 cm³/mol. The van der Waals surface area contributed by atoms with Gasteiger partial charge in [0.05, 0.1) is 0 Å². The first-order valence-electron chi connectivity index (χ1n) is 3.60. The molecule has 0 aliphatic heterocycles. The molecule has 0 fully saturated rings. The minimum absolute atomic E-state index is 0.277. The quantitative estimate of drug-likeness (QED) is 0.459. The SMILES string of the molecule is C=C=CC(C)(CC)OC(C)=O. The van der Waals surface area contributed by atoms with Gasteiger partial charge in [-0.1, -0.05) is 13.5 Å². The summed E-state index contributed by atoms with van der Waals surface area (Å²) in [7, 11) is 0. The first kappa shape index (κ1) is 9.99. The predicted octanol–water partition coefficient (Wildman–Crippen LogP) is 2.06. The average molecular weight is 154 g/mol. The van der Waals surface area contributed by atoms with E-state index in [1.165, 1.54) is 6.92 Å². The van der Waals surface area contributed by atoms with Crippen LogP contribution in [0.2, 0.25) is 0 Å². The summed E-state index contributed by atoms with van der Waals surface area (Å²) in [6.07, 6.45) is 2.39. The highest BCUT2D eigenvalue weighted by molar-refractivity contribution is 5.66. The van der Waals surface area contributed by atoms with Gasteiger partial charge in [0.15, 0.2) is 0 Å². The third-order valence-electron chi connectivity index (χ3n) is 1.49. The summed E-state index contributed by atoms with van der Waals surface area (Å²) in [4.78, 5) is 10.6. The number of rotatable bonds is 3. The van der Waals surface area contributed by atoms with Crippen LogP contribution in [0.15, 0.2) is 18.4 Å². The minimum atomic E-state index is -0.534. The molecule has 0 N–H and O–H groups in total. The van der Waals surface area contributed by atoms with Gasteiger partial charge in [-0.05, 0) is 13.3 Å². The Morgan fingerprint density at radius 3 is 2.64 bits per heavy atom. The van der Waals surface area contributed by atoms with Crippen LogP contribution in [0.3, 0.4) is 0 Å². The fraction of sp³-hybridized carbons (Fsp3) is 0.556. The number of carbonyl (C=O) groups excluding carboxylic acids is 1. The van der Waals surface area contributed by atoms with Crippen molar-refractivity contribution in [1.82, 2.24) is 0 Å². The van der Waals surface area contributed by atoms with Crippen LogP contribution in [-0.4, -0.2) is 11.6 Å². The molecule has 62 valence electrons. The Morgan fingerprint density at radius 1 is 1.82 bits per heavy atom. The van der Waals surface area contributed by atoms with Crippen LogP contribution in [-0.2, 0) is 9.53 Å². The average Bonchev–Trinajstić information content (AvgIpc) is 1.87. The molecular weight excluding hydrogens is 140 g/mol. The summed E-state index contributed by atoms with van der Waals surface area (Å²) >= 11 is 0. The molecule has 11 heavy (non-hydrogen) atoms.